The first-order chi connectivity index (χ1) is 11.5. The Labute approximate surface area is 144 Å². The van der Waals surface area contributed by atoms with Gasteiger partial charge in [-0.25, -0.2) is 4.39 Å². The van der Waals surface area contributed by atoms with E-state index in [2.05, 4.69) is 10.6 Å². The van der Waals surface area contributed by atoms with Gasteiger partial charge in [-0.3, -0.25) is 9.59 Å². The molecule has 0 aliphatic heterocycles. The summed E-state index contributed by atoms with van der Waals surface area (Å²) in [6.45, 7) is 0.152. The molecule has 0 aromatic heterocycles. The molecule has 6 heteroatoms. The summed E-state index contributed by atoms with van der Waals surface area (Å²) in [6, 6.07) is 13.4. The third-order valence-corrected chi connectivity index (χ3v) is 3.32. The molecular formula is C18H16ClFN2O2. The lowest BCUT2D eigenvalue weighted by Crippen LogP contribution is -2.26. The fourth-order valence-electron chi connectivity index (χ4n) is 1.90. The predicted molar refractivity (Wildman–Crippen MR) is 93.1 cm³/mol. The average Bonchev–Trinajstić information content (AvgIpc) is 2.56. The van der Waals surface area contributed by atoms with Gasteiger partial charge in [0.05, 0.1) is 5.69 Å². The number of halogens is 2. The van der Waals surface area contributed by atoms with E-state index < -0.39 is 11.7 Å². The molecule has 0 aliphatic rings. The molecule has 124 valence electrons. The van der Waals surface area contributed by atoms with Gasteiger partial charge in [-0.15, -0.1) is 0 Å². The topological polar surface area (TPSA) is 58.2 Å². The molecule has 4 nitrogen and oxygen atoms in total. The Morgan fingerprint density at radius 1 is 1.12 bits per heavy atom. The van der Waals surface area contributed by atoms with Crippen LogP contribution in [-0.4, -0.2) is 18.4 Å². The van der Waals surface area contributed by atoms with Crippen LogP contribution in [0.3, 0.4) is 0 Å². The van der Waals surface area contributed by atoms with Gasteiger partial charge in [-0.2, -0.15) is 0 Å². The first-order valence-corrected chi connectivity index (χ1v) is 7.68. The molecular weight excluding hydrogens is 331 g/mol. The summed E-state index contributed by atoms with van der Waals surface area (Å²) in [5.74, 6) is -1.31. The van der Waals surface area contributed by atoms with Crippen molar-refractivity contribution in [2.75, 3.05) is 11.9 Å². The highest BCUT2D eigenvalue weighted by atomic mass is 35.5. The highest BCUT2D eigenvalue weighted by Crippen LogP contribution is 2.18. The lowest BCUT2D eigenvalue weighted by Gasteiger charge is -2.07. The maximum atomic E-state index is 13.5. The molecule has 0 saturated heterocycles. The summed E-state index contributed by atoms with van der Waals surface area (Å²) in [4.78, 5) is 23.4. The van der Waals surface area contributed by atoms with Gasteiger partial charge < -0.3 is 10.6 Å². The monoisotopic (exact) mass is 346 g/mol. The molecule has 0 heterocycles. The Kier molecular flexibility index (Phi) is 6.51. The third-order valence-electron chi connectivity index (χ3n) is 3.08. The normalized spacial score (nSPS) is 10.6. The summed E-state index contributed by atoms with van der Waals surface area (Å²) in [5.41, 5.74) is 0.961. The third kappa shape index (κ3) is 5.85. The Morgan fingerprint density at radius 2 is 1.88 bits per heavy atom. The minimum absolute atomic E-state index is 0.0347. The van der Waals surface area contributed by atoms with Crippen LogP contribution >= 0.6 is 11.6 Å². The molecule has 2 aromatic carbocycles. The molecule has 0 radical (unpaired) electrons. The fourth-order valence-corrected chi connectivity index (χ4v) is 2.06. The number of hydrogen-bond acceptors (Lipinski definition) is 2. The van der Waals surface area contributed by atoms with E-state index in [0.717, 1.165) is 11.6 Å². The molecule has 0 aliphatic carbocycles. The second-order valence-corrected chi connectivity index (χ2v) is 5.39. The van der Waals surface area contributed by atoms with Crippen LogP contribution in [0.15, 0.2) is 54.6 Å². The molecule has 24 heavy (non-hydrogen) atoms. The van der Waals surface area contributed by atoms with Crippen molar-refractivity contribution >= 4 is 35.2 Å². The lowest BCUT2D eigenvalue weighted by molar-refractivity contribution is -0.117. The van der Waals surface area contributed by atoms with Gasteiger partial charge in [-0.1, -0.05) is 41.9 Å². The van der Waals surface area contributed by atoms with Gasteiger partial charge in [0.2, 0.25) is 11.8 Å². The maximum absolute atomic E-state index is 13.5. The molecule has 0 fully saturated rings. The Balaban J connectivity index is 1.74. The largest absolute Gasteiger partial charge is 0.352 e. The van der Waals surface area contributed by atoms with Gasteiger partial charge in [0.15, 0.2) is 0 Å². The van der Waals surface area contributed by atoms with E-state index in [1.807, 2.05) is 30.3 Å². The Hall–Kier alpha value is -2.66. The molecule has 0 saturated carbocycles. The van der Waals surface area contributed by atoms with Crippen LogP contribution < -0.4 is 10.6 Å². The number of benzene rings is 2. The molecule has 2 aromatic rings. The number of amides is 2. The van der Waals surface area contributed by atoms with Crippen LogP contribution in [0.2, 0.25) is 5.02 Å². The Bertz CT molecular complexity index is 748. The van der Waals surface area contributed by atoms with Crippen LogP contribution in [-0.2, 0) is 9.59 Å². The minimum Gasteiger partial charge on any atom is -0.352 e. The number of carbonyl (C=O) groups is 2. The van der Waals surface area contributed by atoms with Crippen molar-refractivity contribution < 1.29 is 14.0 Å². The molecule has 0 atom stereocenters. The summed E-state index contributed by atoms with van der Waals surface area (Å²) in [5, 5.41) is 5.27. The first-order valence-electron chi connectivity index (χ1n) is 7.30. The standard InChI is InChI=1S/C18H16ClFN2O2/c19-14-7-8-16(15(20)12-14)22-18(24)10-11-21-17(23)9-6-13-4-2-1-3-5-13/h1-9,12H,10-11H2,(H,21,23)(H,22,24). The molecule has 2 N–H and O–H groups in total. The van der Waals surface area contributed by atoms with Crippen molar-refractivity contribution in [2.24, 2.45) is 0 Å². The van der Waals surface area contributed by atoms with Crippen LogP contribution in [0.5, 0.6) is 0 Å². The number of rotatable bonds is 6. The van der Waals surface area contributed by atoms with Gasteiger partial charge in [0.1, 0.15) is 5.82 Å². The number of carbonyl (C=O) groups excluding carboxylic acids is 2. The van der Waals surface area contributed by atoms with Gasteiger partial charge >= 0.3 is 0 Å². The first kappa shape index (κ1) is 17.7. The molecule has 2 amide bonds. The van der Waals surface area contributed by atoms with E-state index >= 15 is 0 Å². The SMILES string of the molecule is O=C(C=Cc1ccccc1)NCCC(=O)Nc1ccc(Cl)cc1F. The van der Waals surface area contributed by atoms with E-state index in [4.69, 9.17) is 11.6 Å². The van der Waals surface area contributed by atoms with E-state index in [1.54, 1.807) is 6.08 Å². The van der Waals surface area contributed by atoms with E-state index in [-0.39, 0.29) is 29.6 Å². The molecule has 2 rings (SSSR count). The Morgan fingerprint density at radius 3 is 2.58 bits per heavy atom. The molecule has 0 spiro atoms. The maximum Gasteiger partial charge on any atom is 0.244 e. The fraction of sp³-hybridized carbons (Fsp3) is 0.111. The van der Waals surface area contributed by atoms with Gasteiger partial charge in [0.25, 0.3) is 0 Å². The summed E-state index contributed by atoms with van der Waals surface area (Å²) < 4.78 is 13.5. The number of anilines is 1. The summed E-state index contributed by atoms with van der Waals surface area (Å²) in [7, 11) is 0. The van der Waals surface area contributed by atoms with Crippen molar-refractivity contribution in [2.45, 2.75) is 6.42 Å². The second kappa shape index (κ2) is 8.84. The zero-order valence-corrected chi connectivity index (χ0v) is 13.5. The van der Waals surface area contributed by atoms with Crippen molar-refractivity contribution in [1.82, 2.24) is 5.32 Å². The minimum atomic E-state index is -0.606. The van der Waals surface area contributed by atoms with Crippen molar-refractivity contribution in [1.29, 1.82) is 0 Å². The lowest BCUT2D eigenvalue weighted by atomic mass is 10.2. The van der Waals surface area contributed by atoms with E-state index in [9.17, 15) is 14.0 Å². The van der Waals surface area contributed by atoms with Crippen molar-refractivity contribution in [3.63, 3.8) is 0 Å². The highest BCUT2D eigenvalue weighted by Gasteiger charge is 2.07. The van der Waals surface area contributed by atoms with Gasteiger partial charge in [-0.05, 0) is 29.8 Å². The van der Waals surface area contributed by atoms with Crippen LogP contribution in [0.1, 0.15) is 12.0 Å². The second-order valence-electron chi connectivity index (χ2n) is 4.96. The van der Waals surface area contributed by atoms with Crippen LogP contribution in [0.25, 0.3) is 6.08 Å². The zero-order chi connectivity index (χ0) is 17.4. The van der Waals surface area contributed by atoms with Crippen molar-refractivity contribution in [3.05, 3.63) is 71.0 Å². The predicted octanol–water partition coefficient (Wildman–Crippen LogP) is 3.64. The van der Waals surface area contributed by atoms with E-state index in [1.165, 1.54) is 18.2 Å². The summed E-state index contributed by atoms with van der Waals surface area (Å²) in [6.07, 6.45) is 3.11. The average molecular weight is 347 g/mol. The highest BCUT2D eigenvalue weighted by molar-refractivity contribution is 6.30. The van der Waals surface area contributed by atoms with Gasteiger partial charge in [0, 0.05) is 24.1 Å². The molecule has 0 bridgehead atoms. The quantitative estimate of drug-likeness (QED) is 0.785. The van der Waals surface area contributed by atoms with E-state index in [0.29, 0.717) is 0 Å². The number of nitrogens with one attached hydrogen (secondary N) is 2. The summed E-state index contributed by atoms with van der Waals surface area (Å²) >= 11 is 5.64. The van der Waals surface area contributed by atoms with Crippen LogP contribution in [0, 0.1) is 5.82 Å². The molecule has 0 unspecified atom stereocenters. The smallest absolute Gasteiger partial charge is 0.244 e. The zero-order valence-electron chi connectivity index (χ0n) is 12.8. The number of hydrogen-bond donors (Lipinski definition) is 2. The van der Waals surface area contributed by atoms with Crippen LogP contribution in [0.4, 0.5) is 10.1 Å². The van der Waals surface area contributed by atoms with Crippen molar-refractivity contribution in [3.8, 4) is 0 Å².